The Bertz CT molecular complexity index is 1510. The predicted molar refractivity (Wildman–Crippen MR) is 169 cm³/mol. The predicted octanol–water partition coefficient (Wildman–Crippen LogP) is 10.6. The van der Waals surface area contributed by atoms with Gasteiger partial charge in [-0.1, -0.05) is 98.7 Å². The van der Waals surface area contributed by atoms with Crippen LogP contribution in [0.5, 0.6) is 0 Å². The van der Waals surface area contributed by atoms with E-state index in [1.165, 1.54) is 36.1 Å². The maximum Gasteiger partial charge on any atom is 0.483 e. The van der Waals surface area contributed by atoms with E-state index in [0.29, 0.717) is 0 Å². The van der Waals surface area contributed by atoms with E-state index < -0.39 is 33.8 Å². The summed E-state index contributed by atoms with van der Waals surface area (Å²) in [6.45, 7) is 20.5. The Labute approximate surface area is 284 Å². The van der Waals surface area contributed by atoms with Crippen LogP contribution in [0.2, 0.25) is 0 Å². The molecular weight excluding hydrogens is 707 g/mol. The molecule has 274 valence electrons. The summed E-state index contributed by atoms with van der Waals surface area (Å²) in [6.07, 6.45) is -20.5. The highest BCUT2D eigenvalue weighted by atomic mass is 32.2. The summed E-state index contributed by atoms with van der Waals surface area (Å²) in [5.74, 6) is 0. The third-order valence-corrected chi connectivity index (χ3v) is 10.2. The Balaban J connectivity index is 0.000000397. The van der Waals surface area contributed by atoms with E-state index in [4.69, 9.17) is 0 Å². The smallest absolute Gasteiger partial charge is 0.483 e. The van der Waals surface area contributed by atoms with Crippen molar-refractivity contribution in [3.63, 3.8) is 0 Å². The van der Waals surface area contributed by atoms with Gasteiger partial charge in [-0.15, -0.1) is 0 Å². The van der Waals surface area contributed by atoms with Gasteiger partial charge in [0.15, 0.2) is 24.8 Å². The van der Waals surface area contributed by atoms with Gasteiger partial charge in [-0.3, -0.25) is 0 Å². The van der Waals surface area contributed by atoms with Crippen LogP contribution in [-0.4, -0.2) is 36.6 Å². The van der Waals surface area contributed by atoms with Gasteiger partial charge in [-0.25, -0.2) is 13.2 Å². The molecule has 0 aliphatic rings. The summed E-state index contributed by atoms with van der Waals surface area (Å²) >= 11 is 0. The van der Waals surface area contributed by atoms with Crippen molar-refractivity contribution in [3.8, 4) is 0 Å². The minimum atomic E-state index is -7.24. The number of halogens is 9. The van der Waals surface area contributed by atoms with Gasteiger partial charge < -0.3 is 4.55 Å². The highest BCUT2D eigenvalue weighted by molar-refractivity contribution is 7.97. The van der Waals surface area contributed by atoms with Gasteiger partial charge in [-0.05, 0) is 69.3 Å². The second-order valence-corrected chi connectivity index (χ2v) is 17.7. The minimum absolute atomic E-state index is 0.120. The van der Waals surface area contributed by atoms with Crippen molar-refractivity contribution in [2.75, 3.05) is 0 Å². The molecule has 0 unspecified atom stereocenters. The number of benzene rings is 3. The zero-order valence-corrected chi connectivity index (χ0v) is 29.9. The maximum atomic E-state index is 12.2. The molecular formula is C34H39F9O4S2. The van der Waals surface area contributed by atoms with Crippen LogP contribution >= 0.6 is 0 Å². The Morgan fingerprint density at radius 1 is 0.490 bits per heavy atom. The molecule has 0 fully saturated rings. The summed E-state index contributed by atoms with van der Waals surface area (Å²) in [5, 5.41) is -6.81. The highest BCUT2D eigenvalue weighted by Crippen LogP contribution is 2.47. The van der Waals surface area contributed by atoms with Gasteiger partial charge in [0, 0.05) is 0 Å². The van der Waals surface area contributed by atoms with Gasteiger partial charge in [0.25, 0.3) is 0 Å². The number of ether oxygens (including phenoxy) is 1. The molecule has 0 aromatic heterocycles. The fourth-order valence-corrected chi connectivity index (χ4v) is 6.48. The Morgan fingerprint density at radius 3 is 0.918 bits per heavy atom. The van der Waals surface area contributed by atoms with Gasteiger partial charge in [0.1, 0.15) is 0 Å². The molecule has 0 heterocycles. The zero-order chi connectivity index (χ0) is 38.2. The lowest BCUT2D eigenvalue weighted by atomic mass is 9.87. The van der Waals surface area contributed by atoms with Gasteiger partial charge in [-0.2, -0.15) is 39.5 Å². The first-order valence-corrected chi connectivity index (χ1v) is 17.3. The van der Waals surface area contributed by atoms with Crippen molar-refractivity contribution in [2.45, 2.75) is 117 Å². The van der Waals surface area contributed by atoms with E-state index in [0.717, 1.165) is 0 Å². The molecule has 15 heteroatoms. The molecule has 4 nitrogen and oxygen atoms in total. The topological polar surface area (TPSA) is 66.4 Å². The second-order valence-electron chi connectivity index (χ2n) is 14.2. The first kappa shape index (κ1) is 42.4. The number of hydrogen-bond acceptors (Lipinski definition) is 4. The van der Waals surface area contributed by atoms with E-state index in [1.807, 2.05) is 0 Å². The lowest BCUT2D eigenvalue weighted by Gasteiger charge is -2.31. The second kappa shape index (κ2) is 14.1. The third-order valence-electron chi connectivity index (χ3n) is 7.11. The lowest BCUT2D eigenvalue weighted by molar-refractivity contribution is -0.476. The minimum Gasteiger partial charge on any atom is -0.743 e. The summed E-state index contributed by atoms with van der Waals surface area (Å²) < 4.78 is 137. The first-order chi connectivity index (χ1) is 21.7. The summed E-state index contributed by atoms with van der Waals surface area (Å²) in [4.78, 5) is 4.13. The third kappa shape index (κ3) is 10.4. The molecule has 0 saturated heterocycles. The lowest BCUT2D eigenvalue weighted by Crippen LogP contribution is -2.54. The van der Waals surface area contributed by atoms with Crippen molar-refractivity contribution in [1.29, 1.82) is 0 Å². The van der Waals surface area contributed by atoms with Gasteiger partial charge >= 0.3 is 23.6 Å². The molecule has 0 radical (unpaired) electrons. The van der Waals surface area contributed by atoms with Crippen LogP contribution in [-0.2, 0) is 42.0 Å². The van der Waals surface area contributed by atoms with E-state index in [-0.39, 0.29) is 27.1 Å². The van der Waals surface area contributed by atoms with Gasteiger partial charge in [0.05, 0.1) is 10.9 Å². The fraction of sp³-hybridized carbons (Fsp3) is 0.471. The highest BCUT2D eigenvalue weighted by Gasteiger charge is 2.72. The Morgan fingerprint density at radius 2 is 0.735 bits per heavy atom. The van der Waals surface area contributed by atoms with Crippen LogP contribution in [0.25, 0.3) is 0 Å². The number of hydrogen-bond donors (Lipinski definition) is 0. The molecule has 0 aliphatic heterocycles. The number of rotatable bonds is 7. The fourth-order valence-electron chi connectivity index (χ4n) is 4.11. The van der Waals surface area contributed by atoms with E-state index in [9.17, 15) is 52.5 Å². The molecule has 0 amide bonds. The standard InChI is InChI=1S/C30H39S.C4HF9O4S/c1-28(2,3)22-10-16-25(17-11-22)31(26-18-12-23(13-19-26)29(4,5)6)27-20-14-24(15-21-27)30(7,8)9;5-1(6,7)2(8,9)17-3(10,11)4(12,13)18(14,15)16/h10-21H,1-9H3;(H,14,15,16)/q+1;/p-1. The van der Waals surface area contributed by atoms with E-state index in [1.54, 1.807) is 0 Å². The van der Waals surface area contributed by atoms with Crippen molar-refractivity contribution in [3.05, 3.63) is 89.5 Å². The van der Waals surface area contributed by atoms with Crippen LogP contribution in [0.3, 0.4) is 0 Å². The molecule has 0 N–H and O–H groups in total. The van der Waals surface area contributed by atoms with Crippen LogP contribution in [0.4, 0.5) is 39.5 Å². The average Bonchev–Trinajstić information content (AvgIpc) is 2.91. The Hall–Kier alpha value is -2.75. The molecule has 49 heavy (non-hydrogen) atoms. The molecule has 3 rings (SSSR count). The SMILES string of the molecule is CC(C)(C)c1ccc([S+](c2ccc(C(C)(C)C)cc2)c2ccc(C(C)(C)C)cc2)cc1.O=S(=O)([O-])C(F)(F)C(F)(F)OC(F)(F)C(F)(F)F. The average molecular weight is 747 g/mol. The quantitative estimate of drug-likeness (QED) is 0.137. The van der Waals surface area contributed by atoms with Crippen LogP contribution in [0.1, 0.15) is 79.0 Å². The molecule has 0 atom stereocenters. The van der Waals surface area contributed by atoms with Gasteiger partial charge in [0.2, 0.25) is 0 Å². The Kier molecular flexibility index (Phi) is 12.2. The number of alkyl halides is 9. The molecule has 3 aromatic carbocycles. The van der Waals surface area contributed by atoms with Crippen molar-refractivity contribution in [1.82, 2.24) is 0 Å². The van der Waals surface area contributed by atoms with Crippen molar-refractivity contribution in [2.24, 2.45) is 0 Å². The summed E-state index contributed by atoms with van der Waals surface area (Å²) in [6, 6.07) is 27.8. The summed E-state index contributed by atoms with van der Waals surface area (Å²) in [5.41, 5.74) is 4.64. The monoisotopic (exact) mass is 746 g/mol. The van der Waals surface area contributed by atoms with Crippen molar-refractivity contribution >= 4 is 21.0 Å². The van der Waals surface area contributed by atoms with E-state index in [2.05, 4.69) is 135 Å². The molecule has 0 spiro atoms. The van der Waals surface area contributed by atoms with Crippen LogP contribution in [0, 0.1) is 0 Å². The van der Waals surface area contributed by atoms with E-state index >= 15 is 0 Å². The molecule has 3 aromatic rings. The van der Waals surface area contributed by atoms with Crippen LogP contribution < -0.4 is 0 Å². The first-order valence-electron chi connectivity index (χ1n) is 14.6. The largest absolute Gasteiger partial charge is 0.743 e. The van der Waals surface area contributed by atoms with Crippen LogP contribution in [0.15, 0.2) is 87.5 Å². The zero-order valence-electron chi connectivity index (χ0n) is 28.3. The molecule has 0 aliphatic carbocycles. The summed E-state index contributed by atoms with van der Waals surface area (Å²) in [7, 11) is -7.36. The normalized spacial score (nSPS) is 14.0. The molecule has 0 saturated carbocycles. The van der Waals surface area contributed by atoms with Crippen molar-refractivity contribution < 1.29 is 57.2 Å². The maximum absolute atomic E-state index is 12.2. The molecule has 0 bridgehead atoms.